The zero-order valence-corrected chi connectivity index (χ0v) is 20.3. The van der Waals surface area contributed by atoms with E-state index >= 15 is 0 Å². The van der Waals surface area contributed by atoms with Crippen molar-refractivity contribution in [3.05, 3.63) is 92.5 Å². The average Bonchev–Trinajstić information content (AvgIpc) is 2.77. The van der Waals surface area contributed by atoms with Crippen LogP contribution in [0.2, 0.25) is 10.0 Å². The molecule has 3 rings (SSSR count). The Labute approximate surface area is 204 Å². The number of halogens is 2. The van der Waals surface area contributed by atoms with Gasteiger partial charge in [-0.1, -0.05) is 53.0 Å². The minimum atomic E-state index is -0.176. The average molecular weight is 485 g/mol. The largest absolute Gasteiger partial charge is 0.490 e. The second-order valence-electron chi connectivity index (χ2n) is 7.56. The number of nitrogens with one attached hydrogen (secondary N) is 1. The van der Waals surface area contributed by atoms with Crippen molar-refractivity contribution in [1.82, 2.24) is 5.43 Å². The zero-order chi connectivity index (χ0) is 23.8. The summed E-state index contributed by atoms with van der Waals surface area (Å²) in [5.74, 6) is 0.983. The highest BCUT2D eigenvalue weighted by Gasteiger charge is 2.09. The minimum absolute atomic E-state index is 0.176. The fourth-order valence-corrected chi connectivity index (χ4v) is 3.63. The van der Waals surface area contributed by atoms with Gasteiger partial charge in [-0.15, -0.1) is 0 Å². The molecule has 3 aromatic rings. The fraction of sp³-hybridized carbons (Fsp3) is 0.231. The molecule has 0 radical (unpaired) electrons. The number of aryl methyl sites for hydroxylation is 2. The van der Waals surface area contributed by atoms with Crippen molar-refractivity contribution in [2.45, 2.75) is 33.8 Å². The molecular weight excluding hydrogens is 459 g/mol. The first-order valence-electron chi connectivity index (χ1n) is 10.6. The van der Waals surface area contributed by atoms with E-state index in [-0.39, 0.29) is 18.9 Å². The maximum Gasteiger partial charge on any atom is 0.244 e. The van der Waals surface area contributed by atoms with E-state index in [2.05, 4.69) is 10.5 Å². The van der Waals surface area contributed by atoms with Crippen LogP contribution >= 0.6 is 23.2 Å². The van der Waals surface area contributed by atoms with Crippen LogP contribution in [0.15, 0.2) is 59.7 Å². The molecule has 0 unspecified atom stereocenters. The summed E-state index contributed by atoms with van der Waals surface area (Å²) in [4.78, 5) is 12.3. The van der Waals surface area contributed by atoms with E-state index in [0.29, 0.717) is 28.2 Å². The number of hydrogen-bond donors (Lipinski definition) is 1. The van der Waals surface area contributed by atoms with Gasteiger partial charge in [0, 0.05) is 15.6 Å². The summed E-state index contributed by atoms with van der Waals surface area (Å²) in [6, 6.07) is 16.8. The van der Waals surface area contributed by atoms with E-state index < -0.39 is 0 Å². The molecule has 0 bridgehead atoms. The summed E-state index contributed by atoms with van der Waals surface area (Å²) in [6.07, 6.45) is 1.85. The second-order valence-corrected chi connectivity index (χ2v) is 8.41. The lowest BCUT2D eigenvalue weighted by Gasteiger charge is -2.13. The van der Waals surface area contributed by atoms with Crippen LogP contribution in [0.4, 0.5) is 0 Å². The van der Waals surface area contributed by atoms with E-state index in [1.165, 1.54) is 0 Å². The third-order valence-corrected chi connectivity index (χ3v) is 5.51. The Bertz CT molecular complexity index is 1160. The fourth-order valence-electron chi connectivity index (χ4n) is 3.17. The third-order valence-electron chi connectivity index (χ3n) is 4.92. The molecule has 0 atom stereocenters. The number of carbonyl (C=O) groups is 1. The van der Waals surface area contributed by atoms with Crippen LogP contribution in [0.1, 0.15) is 34.7 Å². The van der Waals surface area contributed by atoms with Crippen molar-refractivity contribution in [2.24, 2.45) is 5.10 Å². The Balaban J connectivity index is 1.63. The summed E-state index contributed by atoms with van der Waals surface area (Å²) in [6.45, 7) is 6.65. The molecule has 0 heterocycles. The number of nitrogens with zero attached hydrogens (tertiary/aromatic N) is 1. The molecule has 0 spiro atoms. The van der Waals surface area contributed by atoms with E-state index in [4.69, 9.17) is 32.7 Å². The van der Waals surface area contributed by atoms with Gasteiger partial charge in [-0.2, -0.15) is 5.10 Å². The van der Waals surface area contributed by atoms with Crippen molar-refractivity contribution in [3.8, 4) is 11.5 Å². The standard InChI is InChI=1S/C26H26Cl2N2O3/c1-4-32-25-12-19(7-10-24(25)33-16-20-8-9-22(27)14-23(20)28)15-29-30-26(31)13-21-11-17(2)5-6-18(21)3/h5-12,14-15H,4,13,16H2,1-3H3,(H,30,31)/b29-15+. The molecule has 1 amide bonds. The van der Waals surface area contributed by atoms with Crippen LogP contribution in [0.3, 0.4) is 0 Å². The first kappa shape index (κ1) is 24.6. The Morgan fingerprint density at radius 3 is 2.55 bits per heavy atom. The van der Waals surface area contributed by atoms with Gasteiger partial charge in [0.05, 0.1) is 19.2 Å². The van der Waals surface area contributed by atoms with Crippen LogP contribution in [0, 0.1) is 13.8 Å². The molecule has 0 aromatic heterocycles. The highest BCUT2D eigenvalue weighted by Crippen LogP contribution is 2.30. The van der Waals surface area contributed by atoms with E-state index in [0.717, 1.165) is 27.8 Å². The summed E-state index contributed by atoms with van der Waals surface area (Å²) in [7, 11) is 0. The summed E-state index contributed by atoms with van der Waals surface area (Å²) < 4.78 is 11.6. The Kier molecular flexibility index (Phi) is 8.75. The Morgan fingerprint density at radius 2 is 1.79 bits per heavy atom. The number of hydrazone groups is 1. The molecule has 7 heteroatoms. The number of amides is 1. The van der Waals surface area contributed by atoms with Crippen molar-refractivity contribution in [2.75, 3.05) is 6.61 Å². The predicted octanol–water partition coefficient (Wildman–Crippen LogP) is 6.28. The van der Waals surface area contributed by atoms with Gasteiger partial charge in [-0.05, 0) is 67.8 Å². The number of rotatable bonds is 9. The van der Waals surface area contributed by atoms with Gasteiger partial charge in [0.15, 0.2) is 11.5 Å². The van der Waals surface area contributed by atoms with Crippen LogP contribution < -0.4 is 14.9 Å². The van der Waals surface area contributed by atoms with Crippen molar-refractivity contribution in [1.29, 1.82) is 0 Å². The number of ether oxygens (including phenoxy) is 2. The lowest BCUT2D eigenvalue weighted by molar-refractivity contribution is -0.120. The van der Waals surface area contributed by atoms with E-state index in [1.54, 1.807) is 24.4 Å². The van der Waals surface area contributed by atoms with Gasteiger partial charge >= 0.3 is 0 Å². The predicted molar refractivity (Wildman–Crippen MR) is 134 cm³/mol. The molecule has 3 aromatic carbocycles. The second kappa shape index (κ2) is 11.7. The maximum atomic E-state index is 12.3. The first-order valence-corrected chi connectivity index (χ1v) is 11.3. The highest BCUT2D eigenvalue weighted by atomic mass is 35.5. The molecule has 172 valence electrons. The molecule has 1 N–H and O–H groups in total. The zero-order valence-electron chi connectivity index (χ0n) is 18.8. The molecule has 0 aliphatic carbocycles. The van der Waals surface area contributed by atoms with Crippen LogP contribution in [0.25, 0.3) is 0 Å². The molecule has 33 heavy (non-hydrogen) atoms. The lowest BCUT2D eigenvalue weighted by Crippen LogP contribution is -2.20. The molecule has 0 aliphatic heterocycles. The van der Waals surface area contributed by atoms with E-state index in [9.17, 15) is 4.79 Å². The third kappa shape index (κ3) is 7.24. The van der Waals surface area contributed by atoms with Gasteiger partial charge in [-0.3, -0.25) is 4.79 Å². The smallest absolute Gasteiger partial charge is 0.244 e. The molecule has 0 saturated carbocycles. The minimum Gasteiger partial charge on any atom is -0.490 e. The van der Waals surface area contributed by atoms with Crippen molar-refractivity contribution >= 4 is 35.3 Å². The van der Waals surface area contributed by atoms with Gasteiger partial charge < -0.3 is 9.47 Å². The summed E-state index contributed by atoms with van der Waals surface area (Å²) in [5.41, 5.74) is 7.36. The highest BCUT2D eigenvalue weighted by molar-refractivity contribution is 6.35. The molecular formula is C26H26Cl2N2O3. The quantitative estimate of drug-likeness (QED) is 0.287. The Morgan fingerprint density at radius 1 is 0.970 bits per heavy atom. The molecule has 0 saturated heterocycles. The van der Waals surface area contributed by atoms with Gasteiger partial charge in [0.1, 0.15) is 6.61 Å². The monoisotopic (exact) mass is 484 g/mol. The van der Waals surface area contributed by atoms with Crippen LogP contribution in [-0.2, 0) is 17.8 Å². The first-order chi connectivity index (χ1) is 15.9. The topological polar surface area (TPSA) is 59.9 Å². The lowest BCUT2D eigenvalue weighted by atomic mass is 10.0. The van der Waals surface area contributed by atoms with E-state index in [1.807, 2.05) is 57.2 Å². The van der Waals surface area contributed by atoms with Gasteiger partial charge in [0.25, 0.3) is 0 Å². The van der Waals surface area contributed by atoms with Crippen LogP contribution in [0.5, 0.6) is 11.5 Å². The summed E-state index contributed by atoms with van der Waals surface area (Å²) in [5, 5.41) is 5.20. The number of carbonyl (C=O) groups excluding carboxylic acids is 1. The van der Waals surface area contributed by atoms with Crippen molar-refractivity contribution < 1.29 is 14.3 Å². The Hall–Kier alpha value is -3.02. The molecule has 0 fully saturated rings. The number of hydrogen-bond acceptors (Lipinski definition) is 4. The molecule has 5 nitrogen and oxygen atoms in total. The van der Waals surface area contributed by atoms with Gasteiger partial charge in [0.2, 0.25) is 5.91 Å². The normalized spacial score (nSPS) is 10.9. The summed E-state index contributed by atoms with van der Waals surface area (Å²) >= 11 is 12.2. The molecule has 0 aliphatic rings. The van der Waals surface area contributed by atoms with Gasteiger partial charge in [-0.25, -0.2) is 5.43 Å². The number of benzene rings is 3. The maximum absolute atomic E-state index is 12.3. The van der Waals surface area contributed by atoms with Crippen molar-refractivity contribution in [3.63, 3.8) is 0 Å². The SMILES string of the molecule is CCOc1cc(/C=N/NC(=O)Cc2cc(C)ccc2C)ccc1OCc1ccc(Cl)cc1Cl. The van der Waals surface area contributed by atoms with Crippen LogP contribution in [-0.4, -0.2) is 18.7 Å².